The lowest BCUT2D eigenvalue weighted by Gasteiger charge is -1.98. The van der Waals surface area contributed by atoms with Gasteiger partial charge in [-0.05, 0) is 36.4 Å². The number of nitrogens with one attached hydrogen (secondary N) is 1. The van der Waals surface area contributed by atoms with Gasteiger partial charge in [0.25, 0.3) is 0 Å². The first kappa shape index (κ1) is 16.2. The van der Waals surface area contributed by atoms with Gasteiger partial charge in [-0.3, -0.25) is 0 Å². The van der Waals surface area contributed by atoms with Crippen molar-refractivity contribution in [2.75, 3.05) is 5.32 Å². The zero-order chi connectivity index (χ0) is 17.2. The van der Waals surface area contributed by atoms with Crippen molar-refractivity contribution in [3.63, 3.8) is 0 Å². The summed E-state index contributed by atoms with van der Waals surface area (Å²) in [6.45, 7) is 0. The summed E-state index contributed by atoms with van der Waals surface area (Å²) in [6.07, 6.45) is 0. The summed E-state index contributed by atoms with van der Waals surface area (Å²) in [5.41, 5.74) is 3.59. The highest BCUT2D eigenvalue weighted by molar-refractivity contribution is 7.16. The molecule has 0 spiro atoms. The topological polar surface area (TPSA) is 37.8 Å². The molecule has 0 aliphatic heterocycles. The Morgan fingerprint density at radius 2 is 1.24 bits per heavy atom. The van der Waals surface area contributed by atoms with E-state index >= 15 is 0 Å². The number of hydrogen-bond acceptors (Lipinski definition) is 5. The minimum absolute atomic E-state index is 0.255. The molecule has 0 aliphatic rings. The van der Waals surface area contributed by atoms with Crippen LogP contribution in [0.2, 0.25) is 5.02 Å². The number of hydrogen-bond donors (Lipinski definition) is 1. The SMILES string of the molecule is Fc1ccc(-c2csc(Nc3nc(-c4ccc(Cl)cc4)cs3)n2)cc1. The lowest BCUT2D eigenvalue weighted by atomic mass is 10.2. The van der Waals surface area contributed by atoms with Crippen LogP contribution in [-0.2, 0) is 0 Å². The second kappa shape index (κ2) is 6.92. The predicted molar refractivity (Wildman–Crippen MR) is 103 cm³/mol. The molecule has 0 saturated carbocycles. The first-order valence-corrected chi connectivity index (χ1v) is 9.51. The van der Waals surface area contributed by atoms with Gasteiger partial charge in [0.2, 0.25) is 0 Å². The van der Waals surface area contributed by atoms with Crippen LogP contribution >= 0.6 is 34.3 Å². The van der Waals surface area contributed by atoms with E-state index in [9.17, 15) is 4.39 Å². The molecule has 4 rings (SSSR count). The van der Waals surface area contributed by atoms with Crippen molar-refractivity contribution in [3.8, 4) is 22.5 Å². The fourth-order valence-corrected chi connectivity index (χ4v) is 3.89. The molecule has 1 N–H and O–H groups in total. The van der Waals surface area contributed by atoms with Crippen molar-refractivity contribution in [1.29, 1.82) is 0 Å². The van der Waals surface area contributed by atoms with E-state index in [0.29, 0.717) is 5.02 Å². The van der Waals surface area contributed by atoms with Crippen LogP contribution in [0.1, 0.15) is 0 Å². The Morgan fingerprint density at radius 1 is 0.760 bits per heavy atom. The Bertz CT molecular complexity index is 912. The van der Waals surface area contributed by atoms with Gasteiger partial charge < -0.3 is 5.32 Å². The van der Waals surface area contributed by atoms with E-state index in [2.05, 4.69) is 15.3 Å². The zero-order valence-corrected chi connectivity index (χ0v) is 15.1. The third kappa shape index (κ3) is 3.71. The molecule has 0 aliphatic carbocycles. The highest BCUT2D eigenvalue weighted by Crippen LogP contribution is 2.31. The number of benzene rings is 2. The van der Waals surface area contributed by atoms with Crippen molar-refractivity contribution < 1.29 is 4.39 Å². The van der Waals surface area contributed by atoms with E-state index in [4.69, 9.17) is 11.6 Å². The van der Waals surface area contributed by atoms with Gasteiger partial charge in [0.05, 0.1) is 11.4 Å². The standard InChI is InChI=1S/C18H11ClFN3S2/c19-13-5-1-11(2-6-13)15-9-24-17(21-15)23-18-22-16(10-25-18)12-3-7-14(20)8-4-12/h1-10H,(H,21,22,23). The van der Waals surface area contributed by atoms with Gasteiger partial charge in [-0.2, -0.15) is 0 Å². The number of rotatable bonds is 4. The van der Waals surface area contributed by atoms with Crippen molar-refractivity contribution in [2.45, 2.75) is 0 Å². The molecular weight excluding hydrogens is 377 g/mol. The van der Waals surface area contributed by atoms with Gasteiger partial charge in [0, 0.05) is 26.9 Å². The van der Waals surface area contributed by atoms with Gasteiger partial charge in [-0.1, -0.05) is 23.7 Å². The van der Waals surface area contributed by atoms with Crippen LogP contribution < -0.4 is 5.32 Å². The minimum Gasteiger partial charge on any atom is -0.307 e. The Morgan fingerprint density at radius 3 is 1.76 bits per heavy atom. The molecule has 7 heteroatoms. The van der Waals surface area contributed by atoms with Crippen molar-refractivity contribution in [2.24, 2.45) is 0 Å². The Labute approximate surface area is 156 Å². The molecule has 0 unspecified atom stereocenters. The first-order chi connectivity index (χ1) is 12.2. The maximum Gasteiger partial charge on any atom is 0.189 e. The first-order valence-electron chi connectivity index (χ1n) is 7.37. The van der Waals surface area contributed by atoms with Gasteiger partial charge in [0.1, 0.15) is 5.82 Å². The fourth-order valence-electron chi connectivity index (χ4n) is 2.26. The molecule has 2 heterocycles. The monoisotopic (exact) mass is 387 g/mol. The van der Waals surface area contributed by atoms with E-state index in [1.807, 2.05) is 35.0 Å². The molecular formula is C18H11ClFN3S2. The quantitative estimate of drug-likeness (QED) is 0.436. The number of nitrogens with zero attached hydrogens (tertiary/aromatic N) is 2. The van der Waals surface area contributed by atoms with Crippen LogP contribution in [0, 0.1) is 5.82 Å². The number of thiazole rings is 2. The predicted octanol–water partition coefficient (Wildman–Crippen LogP) is 6.47. The van der Waals surface area contributed by atoms with Crippen LogP contribution in [0.15, 0.2) is 59.3 Å². The van der Waals surface area contributed by atoms with Gasteiger partial charge >= 0.3 is 0 Å². The lowest BCUT2D eigenvalue weighted by Crippen LogP contribution is -1.89. The average molecular weight is 388 g/mol. The number of aromatic nitrogens is 2. The van der Waals surface area contributed by atoms with E-state index in [1.165, 1.54) is 34.8 Å². The maximum absolute atomic E-state index is 13.0. The Hall–Kier alpha value is -2.28. The molecule has 3 nitrogen and oxygen atoms in total. The summed E-state index contributed by atoms with van der Waals surface area (Å²) in [6, 6.07) is 13.9. The minimum atomic E-state index is -0.255. The third-order valence-corrected chi connectivity index (χ3v) is 5.27. The van der Waals surface area contributed by atoms with Crippen molar-refractivity contribution in [1.82, 2.24) is 9.97 Å². The zero-order valence-electron chi connectivity index (χ0n) is 12.7. The summed E-state index contributed by atoms with van der Waals surface area (Å²) in [7, 11) is 0. The van der Waals surface area contributed by atoms with Gasteiger partial charge in [0.15, 0.2) is 10.3 Å². The van der Waals surface area contributed by atoms with Crippen LogP contribution in [0.3, 0.4) is 0 Å². The molecule has 25 heavy (non-hydrogen) atoms. The second-order valence-electron chi connectivity index (χ2n) is 5.21. The van der Waals surface area contributed by atoms with E-state index < -0.39 is 0 Å². The van der Waals surface area contributed by atoms with Crippen molar-refractivity contribution in [3.05, 3.63) is 70.1 Å². The van der Waals surface area contributed by atoms with Crippen LogP contribution in [0.4, 0.5) is 14.7 Å². The highest BCUT2D eigenvalue weighted by atomic mass is 35.5. The summed E-state index contributed by atoms with van der Waals surface area (Å²) in [4.78, 5) is 9.11. The molecule has 4 aromatic rings. The highest BCUT2D eigenvalue weighted by Gasteiger charge is 2.08. The molecule has 0 fully saturated rings. The molecule has 0 radical (unpaired) electrons. The fraction of sp³-hybridized carbons (Fsp3) is 0. The molecule has 0 amide bonds. The molecule has 124 valence electrons. The summed E-state index contributed by atoms with van der Waals surface area (Å²) < 4.78 is 13.0. The van der Waals surface area contributed by atoms with Crippen LogP contribution in [-0.4, -0.2) is 9.97 Å². The molecule has 0 saturated heterocycles. The van der Waals surface area contributed by atoms with Gasteiger partial charge in [-0.15, -0.1) is 22.7 Å². The van der Waals surface area contributed by atoms with E-state index in [0.717, 1.165) is 32.8 Å². The third-order valence-electron chi connectivity index (χ3n) is 3.50. The van der Waals surface area contributed by atoms with Crippen LogP contribution in [0.5, 0.6) is 0 Å². The van der Waals surface area contributed by atoms with E-state index in [-0.39, 0.29) is 5.82 Å². The smallest absolute Gasteiger partial charge is 0.189 e. The maximum atomic E-state index is 13.0. The molecule has 0 bridgehead atoms. The number of halogens is 2. The summed E-state index contributed by atoms with van der Waals surface area (Å²) >= 11 is 8.91. The molecule has 0 atom stereocenters. The Kier molecular flexibility index (Phi) is 4.48. The van der Waals surface area contributed by atoms with Crippen LogP contribution in [0.25, 0.3) is 22.5 Å². The Balaban J connectivity index is 1.51. The molecule has 2 aromatic carbocycles. The second-order valence-corrected chi connectivity index (χ2v) is 7.37. The van der Waals surface area contributed by atoms with E-state index in [1.54, 1.807) is 12.1 Å². The largest absolute Gasteiger partial charge is 0.307 e. The summed E-state index contributed by atoms with van der Waals surface area (Å²) in [5.74, 6) is -0.255. The lowest BCUT2D eigenvalue weighted by molar-refractivity contribution is 0.628. The van der Waals surface area contributed by atoms with Crippen molar-refractivity contribution >= 4 is 44.5 Å². The molecule has 2 aromatic heterocycles. The number of anilines is 2. The van der Waals surface area contributed by atoms with Gasteiger partial charge in [-0.25, -0.2) is 14.4 Å². The normalized spacial score (nSPS) is 10.8. The average Bonchev–Trinajstić information content (AvgIpc) is 3.27. The summed E-state index contributed by atoms with van der Waals surface area (Å²) in [5, 5.41) is 9.36.